The van der Waals surface area contributed by atoms with Crippen molar-refractivity contribution < 1.29 is 17.9 Å². The van der Waals surface area contributed by atoms with E-state index in [1.165, 1.54) is 27.7 Å². The smallest absolute Gasteiger partial charge is 0.242 e. The zero-order valence-corrected chi connectivity index (χ0v) is 11.5. The van der Waals surface area contributed by atoms with E-state index in [2.05, 4.69) is 9.71 Å². The van der Waals surface area contributed by atoms with E-state index in [0.29, 0.717) is 0 Å². The van der Waals surface area contributed by atoms with Gasteiger partial charge >= 0.3 is 0 Å². The maximum Gasteiger partial charge on any atom is 0.242 e. The highest BCUT2D eigenvalue weighted by Gasteiger charge is 2.38. The Labute approximate surface area is 106 Å². The average molecular weight is 276 g/mol. The number of aromatic nitrogens is 1. The number of nitrogens with one attached hydrogen (secondary N) is 1. The third-order valence-corrected chi connectivity index (χ3v) is 4.53. The van der Waals surface area contributed by atoms with Crippen LogP contribution in [0.15, 0.2) is 23.4 Å². The zero-order valence-electron chi connectivity index (χ0n) is 10.7. The van der Waals surface area contributed by atoms with E-state index in [4.69, 9.17) is 0 Å². The third-order valence-electron chi connectivity index (χ3n) is 2.91. The molecule has 0 unspecified atom stereocenters. The lowest BCUT2D eigenvalue weighted by Crippen LogP contribution is -2.57. The third kappa shape index (κ3) is 3.24. The molecule has 1 aromatic rings. The molecule has 0 bridgehead atoms. The molecule has 18 heavy (non-hydrogen) atoms. The van der Waals surface area contributed by atoms with E-state index in [1.54, 1.807) is 0 Å². The molecule has 0 aliphatic heterocycles. The molecule has 102 valence electrons. The molecule has 0 fully saturated rings. The van der Waals surface area contributed by atoms with Crippen LogP contribution in [-0.4, -0.2) is 29.6 Å². The summed E-state index contributed by atoms with van der Waals surface area (Å²) < 4.78 is 39.3. The molecule has 0 aromatic carbocycles. The highest BCUT2D eigenvalue weighted by Crippen LogP contribution is 2.23. The number of aliphatic hydroxyl groups is 1. The van der Waals surface area contributed by atoms with Crippen molar-refractivity contribution in [2.24, 2.45) is 0 Å². The lowest BCUT2D eigenvalue weighted by Gasteiger charge is -2.37. The van der Waals surface area contributed by atoms with Crippen LogP contribution in [0.2, 0.25) is 0 Å². The van der Waals surface area contributed by atoms with Gasteiger partial charge in [0, 0.05) is 6.20 Å². The molecule has 5 nitrogen and oxygen atoms in total. The molecule has 7 heteroatoms. The molecule has 2 N–H and O–H groups in total. The fourth-order valence-electron chi connectivity index (χ4n) is 1.06. The normalized spacial score (nSPS) is 13.7. The van der Waals surface area contributed by atoms with Crippen molar-refractivity contribution >= 4 is 10.0 Å². The van der Waals surface area contributed by atoms with Crippen LogP contribution in [0.4, 0.5) is 4.39 Å². The second kappa shape index (κ2) is 4.56. The lowest BCUT2D eigenvalue weighted by molar-refractivity contribution is 0.00638. The number of nitrogens with zero attached hydrogens (tertiary/aromatic N) is 1. The average Bonchev–Trinajstić information content (AvgIpc) is 2.14. The van der Waals surface area contributed by atoms with E-state index in [9.17, 15) is 17.9 Å². The molecule has 1 rings (SSSR count). The van der Waals surface area contributed by atoms with Crippen LogP contribution >= 0.6 is 0 Å². The minimum Gasteiger partial charge on any atom is -0.389 e. The van der Waals surface area contributed by atoms with Gasteiger partial charge in [0.15, 0.2) is 0 Å². The van der Waals surface area contributed by atoms with Gasteiger partial charge in [-0.2, -0.15) is 0 Å². The van der Waals surface area contributed by atoms with Gasteiger partial charge in [0.1, 0.15) is 10.7 Å². The molecule has 0 spiro atoms. The van der Waals surface area contributed by atoms with E-state index in [1.807, 2.05) is 0 Å². The number of pyridine rings is 1. The fraction of sp³-hybridized carbons (Fsp3) is 0.545. The van der Waals surface area contributed by atoms with Crippen LogP contribution < -0.4 is 4.72 Å². The SMILES string of the molecule is CC(C)(O)C(C)(C)NS(=O)(=O)c1cncc(F)c1. The first-order chi connectivity index (χ1) is 7.96. The number of halogens is 1. The van der Waals surface area contributed by atoms with Crippen LogP contribution in [0, 0.1) is 5.82 Å². The molecule has 0 aliphatic rings. The second-order valence-corrected chi connectivity index (χ2v) is 6.81. The predicted molar refractivity (Wildman–Crippen MR) is 64.9 cm³/mol. The summed E-state index contributed by atoms with van der Waals surface area (Å²) in [5.74, 6) is -0.737. The van der Waals surface area contributed by atoms with Gasteiger partial charge in [0.05, 0.1) is 17.3 Å². The second-order valence-electron chi connectivity index (χ2n) is 5.13. The first kappa shape index (κ1) is 15.0. The van der Waals surface area contributed by atoms with Gasteiger partial charge in [0.25, 0.3) is 0 Å². The van der Waals surface area contributed by atoms with Gasteiger partial charge in [-0.1, -0.05) is 0 Å². The Hall–Kier alpha value is -1.05. The van der Waals surface area contributed by atoms with Crippen LogP contribution in [0.3, 0.4) is 0 Å². The van der Waals surface area contributed by atoms with Crippen LogP contribution in [0.1, 0.15) is 27.7 Å². The van der Waals surface area contributed by atoms with Crippen molar-refractivity contribution in [1.82, 2.24) is 9.71 Å². The van der Waals surface area contributed by atoms with Crippen molar-refractivity contribution in [1.29, 1.82) is 0 Å². The Morgan fingerprint density at radius 1 is 1.28 bits per heavy atom. The summed E-state index contributed by atoms with van der Waals surface area (Å²) in [5.41, 5.74) is -2.39. The highest BCUT2D eigenvalue weighted by atomic mass is 32.2. The summed E-state index contributed by atoms with van der Waals surface area (Å²) in [7, 11) is -3.94. The van der Waals surface area contributed by atoms with Crippen molar-refractivity contribution in [3.8, 4) is 0 Å². The molecule has 0 saturated carbocycles. The van der Waals surface area contributed by atoms with E-state index < -0.39 is 27.0 Å². The van der Waals surface area contributed by atoms with Gasteiger partial charge < -0.3 is 5.11 Å². The Balaban J connectivity index is 3.11. The van der Waals surface area contributed by atoms with Crippen molar-refractivity contribution in [3.63, 3.8) is 0 Å². The lowest BCUT2D eigenvalue weighted by atomic mass is 9.87. The number of hydrogen-bond acceptors (Lipinski definition) is 4. The Bertz CT molecular complexity index is 535. The largest absolute Gasteiger partial charge is 0.389 e. The molecular formula is C11H17FN2O3S. The zero-order chi connectivity index (χ0) is 14.2. The molecule has 0 saturated heterocycles. The van der Waals surface area contributed by atoms with Crippen molar-refractivity contribution in [3.05, 3.63) is 24.3 Å². The summed E-state index contributed by atoms with van der Waals surface area (Å²) in [6, 6.07) is 0.871. The minimum absolute atomic E-state index is 0.278. The molecule has 0 aliphatic carbocycles. The topological polar surface area (TPSA) is 79.3 Å². The van der Waals surface area contributed by atoms with Gasteiger partial charge in [-0.25, -0.2) is 17.5 Å². The van der Waals surface area contributed by atoms with Gasteiger partial charge in [0.2, 0.25) is 10.0 Å². The Morgan fingerprint density at radius 3 is 2.28 bits per heavy atom. The first-order valence-electron chi connectivity index (χ1n) is 5.33. The van der Waals surface area contributed by atoms with Crippen LogP contribution in [-0.2, 0) is 10.0 Å². The van der Waals surface area contributed by atoms with Crippen molar-refractivity contribution in [2.45, 2.75) is 43.7 Å². The molecule has 1 heterocycles. The Morgan fingerprint density at radius 2 is 1.83 bits per heavy atom. The number of hydrogen-bond donors (Lipinski definition) is 2. The molecular weight excluding hydrogens is 259 g/mol. The van der Waals surface area contributed by atoms with Gasteiger partial charge in [-0.15, -0.1) is 0 Å². The van der Waals surface area contributed by atoms with E-state index in [0.717, 1.165) is 18.5 Å². The Kier molecular flexibility index (Phi) is 3.81. The quantitative estimate of drug-likeness (QED) is 0.861. The van der Waals surface area contributed by atoms with Crippen molar-refractivity contribution in [2.75, 3.05) is 0 Å². The minimum atomic E-state index is -3.94. The first-order valence-corrected chi connectivity index (χ1v) is 6.81. The van der Waals surface area contributed by atoms with Crippen LogP contribution in [0.5, 0.6) is 0 Å². The van der Waals surface area contributed by atoms with E-state index in [-0.39, 0.29) is 4.90 Å². The summed E-state index contributed by atoms with van der Waals surface area (Å²) in [4.78, 5) is 3.21. The summed E-state index contributed by atoms with van der Waals surface area (Å²) in [6.45, 7) is 6.05. The van der Waals surface area contributed by atoms with Gasteiger partial charge in [-0.05, 0) is 33.8 Å². The monoisotopic (exact) mass is 276 g/mol. The summed E-state index contributed by atoms with van der Waals surface area (Å²) >= 11 is 0. The number of sulfonamides is 1. The van der Waals surface area contributed by atoms with Crippen LogP contribution in [0.25, 0.3) is 0 Å². The molecule has 0 radical (unpaired) electrons. The predicted octanol–water partition coefficient (Wildman–Crippen LogP) is 1.05. The fourth-order valence-corrected chi connectivity index (χ4v) is 2.57. The standard InChI is InChI=1S/C11H17FN2O3S/c1-10(2,11(3,4)15)14-18(16,17)9-5-8(12)6-13-7-9/h5-7,14-15H,1-4H3. The highest BCUT2D eigenvalue weighted by molar-refractivity contribution is 7.89. The molecule has 0 atom stereocenters. The molecule has 1 aromatic heterocycles. The number of rotatable bonds is 4. The maximum atomic E-state index is 13.0. The maximum absolute atomic E-state index is 13.0. The summed E-state index contributed by atoms with van der Waals surface area (Å²) in [5, 5.41) is 9.89. The molecule has 0 amide bonds. The van der Waals surface area contributed by atoms with Gasteiger partial charge in [-0.3, -0.25) is 4.98 Å². The van der Waals surface area contributed by atoms with E-state index >= 15 is 0 Å². The summed E-state index contributed by atoms with van der Waals surface area (Å²) in [6.07, 6.45) is 1.96.